The summed E-state index contributed by atoms with van der Waals surface area (Å²) in [6, 6.07) is 18.1. The molecule has 0 radical (unpaired) electrons. The zero-order valence-electron chi connectivity index (χ0n) is 17.9. The molecule has 1 aliphatic carbocycles. The van der Waals surface area contributed by atoms with Gasteiger partial charge in [-0.05, 0) is 53.0 Å². The molecule has 0 amide bonds. The van der Waals surface area contributed by atoms with Crippen LogP contribution in [0.1, 0.15) is 42.9 Å². The van der Waals surface area contributed by atoms with Crippen molar-refractivity contribution in [3.05, 3.63) is 89.3 Å². The Morgan fingerprint density at radius 3 is 2.50 bits per heavy atom. The molecule has 5 heteroatoms. The highest BCUT2D eigenvalue weighted by Crippen LogP contribution is 2.42. The van der Waals surface area contributed by atoms with E-state index >= 15 is 0 Å². The number of rotatable bonds is 3. The Labute approximate surface area is 185 Å². The molecule has 162 valence electrons. The Bertz CT molecular complexity index is 1340. The molecule has 0 bridgehead atoms. The maximum absolute atomic E-state index is 13.4. The highest BCUT2D eigenvalue weighted by molar-refractivity contribution is 5.91. The van der Waals surface area contributed by atoms with Crippen molar-refractivity contribution in [2.45, 2.75) is 38.8 Å². The molecule has 0 atom stereocenters. The lowest BCUT2D eigenvalue weighted by Gasteiger charge is -2.25. The fourth-order valence-electron chi connectivity index (χ4n) is 4.68. The van der Waals surface area contributed by atoms with Gasteiger partial charge in [-0.3, -0.25) is 4.57 Å². The highest BCUT2D eigenvalue weighted by atomic mass is 19.4. The summed E-state index contributed by atoms with van der Waals surface area (Å²) in [7, 11) is 0. The number of fused-ring (bicyclic) bond motifs is 2. The van der Waals surface area contributed by atoms with Crippen LogP contribution >= 0.6 is 0 Å². The first-order valence-electron chi connectivity index (χ1n) is 10.8. The van der Waals surface area contributed by atoms with Crippen molar-refractivity contribution < 1.29 is 13.2 Å². The third kappa shape index (κ3) is 3.42. The lowest BCUT2D eigenvalue weighted by molar-refractivity contribution is -0.0931. The molecule has 1 heterocycles. The van der Waals surface area contributed by atoms with E-state index in [0.29, 0.717) is 12.0 Å². The largest absolute Gasteiger partial charge is 0.412 e. The van der Waals surface area contributed by atoms with Gasteiger partial charge >= 0.3 is 6.18 Å². The predicted octanol–water partition coefficient (Wildman–Crippen LogP) is 7.71. The summed E-state index contributed by atoms with van der Waals surface area (Å²) < 4.78 is 42.2. The predicted molar refractivity (Wildman–Crippen MR) is 123 cm³/mol. The first-order valence-corrected chi connectivity index (χ1v) is 10.8. The molecule has 0 fully saturated rings. The van der Waals surface area contributed by atoms with Crippen molar-refractivity contribution in [1.29, 1.82) is 0 Å². The summed E-state index contributed by atoms with van der Waals surface area (Å²) in [4.78, 5) is 4.71. The van der Waals surface area contributed by atoms with E-state index in [1.165, 1.54) is 6.08 Å². The molecular weight excluding hydrogens is 409 g/mol. The molecule has 2 nitrogen and oxygen atoms in total. The number of hydrogen-bond acceptors (Lipinski definition) is 1. The average Bonchev–Trinajstić information content (AvgIpc) is 3.26. The standard InChI is InChI=1S/C27H23F3N2/c1-17(2)21-12-10-19-16-20(27(28,29)30)11-13-23(19)25(21)26-31-14-15-32(26)24-9-5-7-18-6-3-4-8-22(18)24/h3-10,12,14-17H,11,13H2,1-2H3. The van der Waals surface area contributed by atoms with Gasteiger partial charge in [0.05, 0.1) is 5.69 Å². The van der Waals surface area contributed by atoms with Gasteiger partial charge in [0.2, 0.25) is 0 Å². The maximum Gasteiger partial charge on any atom is 0.412 e. The van der Waals surface area contributed by atoms with E-state index in [2.05, 4.69) is 42.7 Å². The SMILES string of the molecule is CC(C)c1ccc2c(c1-c1nccn1-c1cccc3ccccc13)CCC(C(F)(F)F)=C2. The normalized spacial score (nSPS) is 14.0. The van der Waals surface area contributed by atoms with Gasteiger partial charge in [-0.1, -0.05) is 62.4 Å². The molecule has 3 aromatic carbocycles. The number of halogens is 3. The Morgan fingerprint density at radius 1 is 0.938 bits per heavy atom. The van der Waals surface area contributed by atoms with Crippen LogP contribution in [0.25, 0.3) is 33.9 Å². The van der Waals surface area contributed by atoms with Crippen LogP contribution in [0, 0.1) is 0 Å². The van der Waals surface area contributed by atoms with E-state index in [-0.39, 0.29) is 12.3 Å². The lowest BCUT2D eigenvalue weighted by atomic mass is 9.83. The molecule has 0 unspecified atom stereocenters. The Balaban J connectivity index is 1.76. The fraction of sp³-hybridized carbons (Fsp3) is 0.222. The molecule has 0 saturated carbocycles. The van der Waals surface area contributed by atoms with Crippen LogP contribution in [-0.4, -0.2) is 15.7 Å². The number of imidazole rings is 1. The van der Waals surface area contributed by atoms with Crippen LogP contribution in [0.3, 0.4) is 0 Å². The minimum atomic E-state index is -4.30. The Kier molecular flexibility index (Phi) is 4.92. The second-order valence-electron chi connectivity index (χ2n) is 8.54. The number of hydrogen-bond donors (Lipinski definition) is 0. The zero-order chi connectivity index (χ0) is 22.5. The molecule has 32 heavy (non-hydrogen) atoms. The van der Waals surface area contributed by atoms with Crippen LogP contribution in [-0.2, 0) is 6.42 Å². The van der Waals surface area contributed by atoms with Crippen LogP contribution in [0.5, 0.6) is 0 Å². The summed E-state index contributed by atoms with van der Waals surface area (Å²) >= 11 is 0. The van der Waals surface area contributed by atoms with Gasteiger partial charge in [0, 0.05) is 28.9 Å². The first kappa shape index (κ1) is 20.6. The lowest BCUT2D eigenvalue weighted by Crippen LogP contribution is -2.16. The van der Waals surface area contributed by atoms with Crippen molar-refractivity contribution in [1.82, 2.24) is 9.55 Å². The fourth-order valence-corrected chi connectivity index (χ4v) is 4.68. The Morgan fingerprint density at radius 2 is 1.72 bits per heavy atom. The van der Waals surface area contributed by atoms with Gasteiger partial charge in [0.15, 0.2) is 0 Å². The molecule has 0 saturated heterocycles. The van der Waals surface area contributed by atoms with E-state index in [4.69, 9.17) is 4.98 Å². The molecule has 0 N–H and O–H groups in total. The number of nitrogens with zero attached hydrogens (tertiary/aromatic N) is 2. The third-order valence-electron chi connectivity index (χ3n) is 6.23. The molecule has 4 aromatic rings. The highest BCUT2D eigenvalue weighted by Gasteiger charge is 2.35. The van der Waals surface area contributed by atoms with Crippen molar-refractivity contribution in [3.63, 3.8) is 0 Å². The van der Waals surface area contributed by atoms with E-state index in [1.807, 2.05) is 36.5 Å². The quantitative estimate of drug-likeness (QED) is 0.324. The van der Waals surface area contributed by atoms with Gasteiger partial charge in [-0.15, -0.1) is 0 Å². The van der Waals surface area contributed by atoms with Crippen molar-refractivity contribution >= 4 is 16.8 Å². The summed E-state index contributed by atoms with van der Waals surface area (Å²) in [5.74, 6) is 0.978. The number of benzene rings is 3. The van der Waals surface area contributed by atoms with E-state index < -0.39 is 11.7 Å². The van der Waals surface area contributed by atoms with E-state index in [9.17, 15) is 13.2 Å². The summed E-state index contributed by atoms with van der Waals surface area (Å²) in [6.07, 6.45) is 1.04. The monoisotopic (exact) mass is 432 g/mol. The molecule has 1 aliphatic rings. The number of allylic oxidation sites excluding steroid dienone is 1. The minimum Gasteiger partial charge on any atom is -0.299 e. The van der Waals surface area contributed by atoms with Crippen molar-refractivity contribution in [2.24, 2.45) is 0 Å². The smallest absolute Gasteiger partial charge is 0.299 e. The van der Waals surface area contributed by atoms with Crippen molar-refractivity contribution in [3.8, 4) is 17.1 Å². The maximum atomic E-state index is 13.4. The van der Waals surface area contributed by atoms with Crippen LogP contribution in [0.15, 0.2) is 72.6 Å². The Hall–Kier alpha value is -3.34. The van der Waals surface area contributed by atoms with Crippen LogP contribution in [0.4, 0.5) is 13.2 Å². The summed E-state index contributed by atoms with van der Waals surface area (Å²) in [5.41, 5.74) is 4.16. The molecule has 0 spiro atoms. The zero-order valence-corrected chi connectivity index (χ0v) is 17.9. The van der Waals surface area contributed by atoms with Gasteiger partial charge in [-0.25, -0.2) is 4.98 Å². The van der Waals surface area contributed by atoms with Gasteiger partial charge < -0.3 is 0 Å². The van der Waals surface area contributed by atoms with Gasteiger partial charge in [0.1, 0.15) is 5.82 Å². The van der Waals surface area contributed by atoms with Crippen LogP contribution < -0.4 is 0 Å². The van der Waals surface area contributed by atoms with Crippen molar-refractivity contribution in [2.75, 3.05) is 0 Å². The average molecular weight is 432 g/mol. The van der Waals surface area contributed by atoms with E-state index in [1.54, 1.807) is 6.20 Å². The second kappa shape index (κ2) is 7.66. The number of alkyl halides is 3. The van der Waals surface area contributed by atoms with E-state index in [0.717, 1.165) is 39.0 Å². The number of aromatic nitrogens is 2. The summed E-state index contributed by atoms with van der Waals surface area (Å²) in [6.45, 7) is 4.21. The van der Waals surface area contributed by atoms with Crippen LogP contribution in [0.2, 0.25) is 0 Å². The summed E-state index contributed by atoms with van der Waals surface area (Å²) in [5, 5.41) is 2.23. The second-order valence-corrected chi connectivity index (χ2v) is 8.54. The third-order valence-corrected chi connectivity index (χ3v) is 6.23. The van der Waals surface area contributed by atoms with Gasteiger partial charge in [0.25, 0.3) is 0 Å². The topological polar surface area (TPSA) is 17.8 Å². The molecule has 5 rings (SSSR count). The first-order chi connectivity index (χ1) is 15.3. The molecule has 1 aromatic heterocycles. The minimum absolute atomic E-state index is 0.0139. The van der Waals surface area contributed by atoms with Gasteiger partial charge in [-0.2, -0.15) is 13.2 Å². The molecular formula is C27H23F3N2. The molecule has 0 aliphatic heterocycles.